The first-order chi connectivity index (χ1) is 66.4. The summed E-state index contributed by atoms with van der Waals surface area (Å²) in [7, 11) is 0. The van der Waals surface area contributed by atoms with Gasteiger partial charge in [-0.2, -0.15) is 26.3 Å². The molecule has 14 nitrogen and oxygen atoms in total. The van der Waals surface area contributed by atoms with E-state index >= 15 is 43.9 Å². The van der Waals surface area contributed by atoms with Crippen molar-refractivity contribution in [2.45, 2.75) is 12.4 Å². The van der Waals surface area contributed by atoms with E-state index < -0.39 is 57.9 Å². The van der Waals surface area contributed by atoms with E-state index in [1.807, 2.05) is 152 Å². The average molecular weight is 1790 g/mol. The molecule has 10 heterocycles. The molecule has 0 unspecified atom stereocenters. The average Bonchev–Trinajstić information content (AvgIpc) is 1.52. The van der Waals surface area contributed by atoms with Crippen molar-refractivity contribution in [3.63, 3.8) is 0 Å². The Hall–Kier alpha value is -17.8. The second kappa shape index (κ2) is 32.1. The van der Waals surface area contributed by atoms with E-state index in [2.05, 4.69) is 29.9 Å². The van der Waals surface area contributed by atoms with Gasteiger partial charge in [-0.3, -0.25) is 0 Å². The molecular formula is C112H62F10N14. The number of benzene rings is 14. The Morgan fingerprint density at radius 3 is 0.875 bits per heavy atom. The highest BCUT2D eigenvalue weighted by Gasteiger charge is 2.39. The third-order valence-electron chi connectivity index (χ3n) is 25.2. The molecule has 14 aromatic carbocycles. The maximum atomic E-state index is 17.5. The van der Waals surface area contributed by atoms with Gasteiger partial charge < -0.3 is 18.3 Å². The fourth-order valence-corrected chi connectivity index (χ4v) is 19.1. The summed E-state index contributed by atoms with van der Waals surface area (Å²) in [5, 5.41) is 4.42. The van der Waals surface area contributed by atoms with Crippen LogP contribution in [0.1, 0.15) is 11.1 Å². The summed E-state index contributed by atoms with van der Waals surface area (Å²) in [4.78, 5) is 47.8. The summed E-state index contributed by atoms with van der Waals surface area (Å²) in [6.45, 7) is 0. The van der Waals surface area contributed by atoms with Gasteiger partial charge in [-0.15, -0.1) is 0 Å². The molecular weight excluding hydrogens is 1730 g/mol. The van der Waals surface area contributed by atoms with Crippen LogP contribution in [0, 0.1) is 23.3 Å². The van der Waals surface area contributed by atoms with Crippen molar-refractivity contribution in [1.82, 2.24) is 68.1 Å². The number of rotatable bonds is 15. The molecule has 10 aromatic heterocycles. The van der Waals surface area contributed by atoms with Crippen LogP contribution in [0.4, 0.5) is 43.9 Å². The van der Waals surface area contributed by atoms with Crippen molar-refractivity contribution in [2.24, 2.45) is 0 Å². The molecule has 0 amide bonds. The highest BCUT2D eigenvalue weighted by molar-refractivity contribution is 6.17. The lowest BCUT2D eigenvalue weighted by Crippen LogP contribution is -2.12. The SMILES string of the molecule is Fc1cccc(F)c1-c1c(-n2c3ccc(-c4ncccn4)cc3c3cc(-c4ncccn4)ccc32)cc(C(F)(F)F)cc1-n1c2ccc(-c3ncccn3)cc2c2cc(-c3ncc(-c4ccc(-c5ccccc5)nc4-c4ccc5c(c4)c4ccccc4n5-c4cc(C(F)(F)F)cc(-n5c6ccccc6c6cc(-c7cccc(-c8ccccc8)n7)ccc65)c4-c4c(F)cccc4F)cn3)ccc21. The summed E-state index contributed by atoms with van der Waals surface area (Å²) in [6, 6.07) is 90.7. The number of hydrogen-bond donors (Lipinski definition) is 0. The minimum absolute atomic E-state index is 0.151. The monoisotopic (exact) mass is 1790 g/mol. The van der Waals surface area contributed by atoms with Crippen LogP contribution in [0.2, 0.25) is 0 Å². The fourth-order valence-electron chi connectivity index (χ4n) is 19.1. The Bertz CT molecular complexity index is 8860. The topological polar surface area (TPSA) is 149 Å². The molecule has 0 saturated carbocycles. The fraction of sp³-hybridized carbons (Fsp3) is 0.0179. The number of pyridine rings is 2. The van der Waals surface area contributed by atoms with E-state index in [1.165, 1.54) is 12.1 Å². The highest BCUT2D eigenvalue weighted by atomic mass is 19.4. The molecule has 136 heavy (non-hydrogen) atoms. The zero-order valence-corrected chi connectivity index (χ0v) is 70.8. The van der Waals surface area contributed by atoms with Gasteiger partial charge in [0.2, 0.25) is 0 Å². The van der Waals surface area contributed by atoms with Crippen LogP contribution < -0.4 is 0 Å². The third-order valence-corrected chi connectivity index (χ3v) is 25.2. The molecule has 24 aromatic rings. The lowest BCUT2D eigenvalue weighted by Gasteiger charge is -2.23. The molecule has 0 bridgehead atoms. The Morgan fingerprint density at radius 1 is 0.206 bits per heavy atom. The first-order valence-corrected chi connectivity index (χ1v) is 43.3. The lowest BCUT2D eigenvalue weighted by atomic mass is 9.96. The molecule has 0 atom stereocenters. The van der Waals surface area contributed by atoms with Crippen LogP contribution in [0.3, 0.4) is 0 Å². The van der Waals surface area contributed by atoms with E-state index in [4.69, 9.17) is 19.9 Å². The molecule has 650 valence electrons. The largest absolute Gasteiger partial charge is 0.416 e. The van der Waals surface area contributed by atoms with E-state index in [-0.39, 0.29) is 39.7 Å². The predicted octanol–water partition coefficient (Wildman–Crippen LogP) is 29.0. The molecule has 24 heteroatoms. The van der Waals surface area contributed by atoms with E-state index in [1.54, 1.807) is 183 Å². The van der Waals surface area contributed by atoms with Gasteiger partial charge >= 0.3 is 12.4 Å². The van der Waals surface area contributed by atoms with Gasteiger partial charge in [-0.1, -0.05) is 127 Å². The third kappa shape index (κ3) is 13.7. The van der Waals surface area contributed by atoms with Crippen LogP contribution in [-0.4, -0.2) is 68.1 Å². The second-order valence-electron chi connectivity index (χ2n) is 33.0. The predicted molar refractivity (Wildman–Crippen MR) is 511 cm³/mol. The van der Waals surface area contributed by atoms with E-state index in [0.29, 0.717) is 161 Å². The molecule has 24 rings (SSSR count). The number of nitrogens with zero attached hydrogens (tertiary/aromatic N) is 14. The summed E-state index contributed by atoms with van der Waals surface area (Å²) >= 11 is 0. The maximum absolute atomic E-state index is 17.5. The van der Waals surface area contributed by atoms with Gasteiger partial charge in [-0.25, -0.2) is 67.4 Å². The van der Waals surface area contributed by atoms with Crippen molar-refractivity contribution in [3.05, 3.63) is 412 Å². The van der Waals surface area contributed by atoms with Gasteiger partial charge in [-0.05, 0) is 200 Å². The van der Waals surface area contributed by atoms with Gasteiger partial charge in [0.25, 0.3) is 0 Å². The van der Waals surface area contributed by atoms with E-state index in [0.717, 1.165) is 70.9 Å². The normalized spacial score (nSPS) is 12.0. The Morgan fingerprint density at radius 2 is 0.500 bits per heavy atom. The Labute approximate surface area is 765 Å². The van der Waals surface area contributed by atoms with Crippen molar-refractivity contribution in [1.29, 1.82) is 0 Å². The molecule has 0 N–H and O–H groups in total. The van der Waals surface area contributed by atoms with Gasteiger partial charge in [0, 0.05) is 159 Å². The molecule has 0 aliphatic carbocycles. The minimum atomic E-state index is -5.07. The maximum Gasteiger partial charge on any atom is 0.416 e. The number of aromatic nitrogens is 14. The number of fused-ring (bicyclic) bond motifs is 12. The van der Waals surface area contributed by atoms with Crippen LogP contribution in [0.5, 0.6) is 0 Å². The standard InChI is InChI=1S/C112H62F10N14/c113-83-23-11-24-84(114)102(83)104-98(133-90-29-9-7-21-75(90)77-51-65(31-39-92(77)133)88-28-13-27-87(131-88)63-17-3-1-4-18-63)57-72(111(117,118)119)58-99(104)134-91-30-10-8-22-76(91)78-52-66(32-40-93(78)134)106-74(37-38-89(132-106)64-19-5-2-6-20-64)71-61-129-110(130-62-71)70-36-44-97-82(56-70)81-55-69(109-127-49-16-50-128-109)35-43-96(81)136(97)101-60-73(112(120,121)122)59-100(105(101)103-85(115)25-12-26-86(103)116)135-94-41-33-67(107-123-45-14-46-124-107)53-79(94)80-54-68(34-42-95(80)135)108-125-47-15-48-126-108/h1-62H. The first-order valence-electron chi connectivity index (χ1n) is 43.3. The lowest BCUT2D eigenvalue weighted by molar-refractivity contribution is -0.138. The Balaban J connectivity index is 0.670. The number of halogens is 10. The smallest absolute Gasteiger partial charge is 0.309 e. The van der Waals surface area contributed by atoms with Gasteiger partial charge in [0.05, 0.1) is 112 Å². The van der Waals surface area contributed by atoms with Crippen LogP contribution in [0.25, 0.3) is 234 Å². The van der Waals surface area contributed by atoms with Crippen molar-refractivity contribution >= 4 is 87.2 Å². The molecule has 0 spiro atoms. The van der Waals surface area contributed by atoms with Gasteiger partial charge in [0.1, 0.15) is 23.3 Å². The minimum Gasteiger partial charge on any atom is -0.309 e. The number of para-hydroxylation sites is 2. The number of alkyl halides is 6. The molecule has 0 saturated heterocycles. The van der Waals surface area contributed by atoms with Crippen LogP contribution in [0.15, 0.2) is 377 Å². The second-order valence-corrected chi connectivity index (χ2v) is 33.0. The molecule has 0 fully saturated rings. The summed E-state index contributed by atoms with van der Waals surface area (Å²) in [5.74, 6) is -2.87. The molecule has 0 aliphatic heterocycles. The first kappa shape index (κ1) is 81.4. The van der Waals surface area contributed by atoms with Crippen molar-refractivity contribution in [2.75, 3.05) is 0 Å². The molecule has 0 aliphatic rings. The summed E-state index contributed by atoms with van der Waals surface area (Å²) in [5.41, 5.74) is 7.05. The van der Waals surface area contributed by atoms with Crippen LogP contribution >= 0.6 is 0 Å². The highest BCUT2D eigenvalue weighted by Crippen LogP contribution is 2.52. The van der Waals surface area contributed by atoms with Crippen LogP contribution in [-0.2, 0) is 12.4 Å². The quantitative estimate of drug-likeness (QED) is 0.0908. The zero-order chi connectivity index (χ0) is 91.9. The van der Waals surface area contributed by atoms with Crippen molar-refractivity contribution < 1.29 is 43.9 Å². The van der Waals surface area contributed by atoms with Crippen molar-refractivity contribution in [3.8, 4) is 147 Å². The Kier molecular flexibility index (Phi) is 19.2. The van der Waals surface area contributed by atoms with E-state index in [9.17, 15) is 0 Å². The number of hydrogen-bond acceptors (Lipinski definition) is 10. The van der Waals surface area contributed by atoms with Gasteiger partial charge in [0.15, 0.2) is 23.3 Å². The summed E-state index contributed by atoms with van der Waals surface area (Å²) in [6.07, 6.45) is 2.73. The summed E-state index contributed by atoms with van der Waals surface area (Å²) < 4.78 is 175. The zero-order valence-electron chi connectivity index (χ0n) is 70.8. The molecule has 0 radical (unpaired) electrons.